The van der Waals surface area contributed by atoms with Gasteiger partial charge in [0, 0.05) is 37.8 Å². The van der Waals surface area contributed by atoms with Crippen LogP contribution >= 0.6 is 25.3 Å². The van der Waals surface area contributed by atoms with Crippen molar-refractivity contribution in [1.29, 1.82) is 0 Å². The number of benzene rings is 2. The van der Waals surface area contributed by atoms with Gasteiger partial charge in [-0.2, -0.15) is 0 Å². The molecule has 0 heterocycles. The van der Waals surface area contributed by atoms with Crippen molar-refractivity contribution in [2.75, 3.05) is 19.4 Å². The summed E-state index contributed by atoms with van der Waals surface area (Å²) in [4.78, 5) is 11.3. The number of carbonyl (C=O) groups is 1. The van der Waals surface area contributed by atoms with Crippen molar-refractivity contribution < 1.29 is 4.79 Å². The summed E-state index contributed by atoms with van der Waals surface area (Å²) in [6.45, 7) is 1.45. The first kappa shape index (κ1) is 23.2. The van der Waals surface area contributed by atoms with Crippen LogP contribution < -0.4 is 16.0 Å². The van der Waals surface area contributed by atoms with Crippen molar-refractivity contribution in [3.63, 3.8) is 0 Å². The predicted molar refractivity (Wildman–Crippen MR) is 131 cm³/mol. The molecule has 30 heavy (non-hydrogen) atoms. The van der Waals surface area contributed by atoms with Gasteiger partial charge in [0.15, 0.2) is 10.3 Å². The minimum Gasteiger partial charge on any atom is -0.366 e. The lowest BCUT2D eigenvalue weighted by atomic mass is 9.99. The molecule has 0 unspecified atom stereocenters. The van der Waals surface area contributed by atoms with Crippen molar-refractivity contribution >= 4 is 58.6 Å². The van der Waals surface area contributed by atoms with Crippen LogP contribution in [0.3, 0.4) is 0 Å². The second kappa shape index (κ2) is 11.8. The maximum absolute atomic E-state index is 11.3. The van der Waals surface area contributed by atoms with Crippen LogP contribution in [0.5, 0.6) is 0 Å². The number of amidine groups is 2. The van der Waals surface area contributed by atoms with Gasteiger partial charge in [-0.3, -0.25) is 4.79 Å². The molecule has 0 saturated carbocycles. The van der Waals surface area contributed by atoms with Crippen LogP contribution in [0, 0.1) is 0 Å². The lowest BCUT2D eigenvalue weighted by Gasteiger charge is -2.10. The van der Waals surface area contributed by atoms with E-state index in [2.05, 4.69) is 61.6 Å². The van der Waals surface area contributed by atoms with Gasteiger partial charge < -0.3 is 16.0 Å². The van der Waals surface area contributed by atoms with Crippen molar-refractivity contribution in [2.24, 2.45) is 20.4 Å². The van der Waals surface area contributed by atoms with Crippen LogP contribution in [0.15, 0.2) is 75.0 Å². The normalized spacial score (nSPS) is 13.1. The molecule has 0 bridgehead atoms. The summed E-state index contributed by atoms with van der Waals surface area (Å²) >= 11 is 8.44. The number of nitrogens with one attached hydrogen (secondary N) is 3. The molecule has 8 nitrogen and oxygen atoms in total. The summed E-state index contributed by atoms with van der Waals surface area (Å²) in [5.74, 6) is -0.149. The van der Waals surface area contributed by atoms with Crippen molar-refractivity contribution in [1.82, 2.24) is 10.6 Å². The number of hydrogen-bond acceptors (Lipinski definition) is 5. The van der Waals surface area contributed by atoms with E-state index >= 15 is 0 Å². The molecule has 0 aromatic heterocycles. The second-order valence-corrected chi connectivity index (χ2v) is 6.72. The molecule has 0 aliphatic heterocycles. The third kappa shape index (κ3) is 7.05. The number of anilines is 1. The van der Waals surface area contributed by atoms with E-state index in [1.165, 1.54) is 6.92 Å². The zero-order valence-electron chi connectivity index (χ0n) is 16.8. The zero-order valence-corrected chi connectivity index (χ0v) is 18.6. The highest BCUT2D eigenvalue weighted by Crippen LogP contribution is 2.15. The number of hydrogen-bond donors (Lipinski definition) is 5. The quantitative estimate of drug-likeness (QED) is 0.206. The molecule has 156 valence electrons. The standard InChI is InChI=1S/C20H23N7OS2/c1-13(28)23-16-11-9-15(10-12-16)18(25-27-20(30)22-3)17(24-26-19(29)21-2)14-7-5-4-6-8-14/h4-12H,1-3H3,(H,23,28)(H2,21,26,29)(H2,22,27,30)/b24-17+,25-18+. The van der Waals surface area contributed by atoms with Gasteiger partial charge in [0.2, 0.25) is 5.91 Å². The number of rotatable bonds is 6. The topological polar surface area (TPSA) is 103 Å². The first-order valence-electron chi connectivity index (χ1n) is 8.93. The molecule has 0 radical (unpaired) electrons. The molecule has 1 amide bonds. The van der Waals surface area contributed by atoms with Gasteiger partial charge in [0.05, 0.1) is 0 Å². The molecular formula is C20H23N7OS2. The van der Waals surface area contributed by atoms with Crippen molar-refractivity contribution in [3.05, 3.63) is 65.7 Å². The van der Waals surface area contributed by atoms with Gasteiger partial charge in [-0.15, -0.1) is 45.7 Å². The highest BCUT2D eigenvalue weighted by atomic mass is 32.1. The highest BCUT2D eigenvalue weighted by molar-refractivity contribution is 7.97. The third-order valence-electron chi connectivity index (χ3n) is 3.69. The number of carbonyl (C=O) groups excluding carboxylic acids is 1. The molecule has 0 spiro atoms. The second-order valence-electron chi connectivity index (χ2n) is 5.87. The minimum absolute atomic E-state index is 0.149. The van der Waals surface area contributed by atoms with Gasteiger partial charge in [0.1, 0.15) is 11.4 Å². The Morgan fingerprint density at radius 2 is 1.20 bits per heavy atom. The number of nitrogens with zero attached hydrogens (tertiary/aromatic N) is 4. The molecule has 0 aliphatic carbocycles. The minimum atomic E-state index is -0.149. The monoisotopic (exact) mass is 441 g/mol. The molecule has 0 aliphatic rings. The van der Waals surface area contributed by atoms with Crippen LogP contribution in [0.25, 0.3) is 0 Å². The van der Waals surface area contributed by atoms with Gasteiger partial charge in [-0.1, -0.05) is 42.5 Å². The smallest absolute Gasteiger partial charge is 0.221 e. The fraction of sp³-hybridized carbons (Fsp3) is 0.150. The zero-order chi connectivity index (χ0) is 21.9. The highest BCUT2D eigenvalue weighted by Gasteiger charge is 2.16. The Morgan fingerprint density at radius 3 is 1.63 bits per heavy atom. The lowest BCUT2D eigenvalue weighted by Crippen LogP contribution is -2.19. The summed E-state index contributed by atoms with van der Waals surface area (Å²) in [5, 5.41) is 26.0. The molecular weight excluding hydrogens is 418 g/mol. The first-order valence-corrected chi connectivity index (χ1v) is 9.82. The van der Waals surface area contributed by atoms with E-state index < -0.39 is 0 Å². The Kier molecular flexibility index (Phi) is 9.10. The largest absolute Gasteiger partial charge is 0.366 e. The van der Waals surface area contributed by atoms with E-state index in [0.717, 1.165) is 11.1 Å². The summed E-state index contributed by atoms with van der Waals surface area (Å²) in [6.07, 6.45) is 0. The summed E-state index contributed by atoms with van der Waals surface area (Å²) in [7, 11) is 3.39. The SMILES string of the molecule is CN/C(S)=N/N=C(/C(=N/N=C(\S)NC)c1ccc(NC(C)=O)cc1)c1ccccc1. The van der Waals surface area contributed by atoms with E-state index in [4.69, 9.17) is 0 Å². The maximum atomic E-state index is 11.3. The van der Waals surface area contributed by atoms with E-state index in [1.807, 2.05) is 42.5 Å². The van der Waals surface area contributed by atoms with E-state index in [0.29, 0.717) is 27.4 Å². The fourth-order valence-electron chi connectivity index (χ4n) is 2.29. The molecule has 2 aromatic rings. The Morgan fingerprint density at radius 1 is 0.733 bits per heavy atom. The first-order chi connectivity index (χ1) is 14.4. The van der Waals surface area contributed by atoms with Gasteiger partial charge in [0.25, 0.3) is 0 Å². The molecule has 3 N–H and O–H groups in total. The van der Waals surface area contributed by atoms with Gasteiger partial charge in [-0.25, -0.2) is 0 Å². The number of thiol groups is 2. The lowest BCUT2D eigenvalue weighted by molar-refractivity contribution is -0.114. The Bertz CT molecular complexity index is 984. The van der Waals surface area contributed by atoms with Crippen molar-refractivity contribution in [2.45, 2.75) is 6.92 Å². The van der Waals surface area contributed by atoms with E-state index in [-0.39, 0.29) is 5.91 Å². The number of amides is 1. The maximum Gasteiger partial charge on any atom is 0.221 e. The van der Waals surface area contributed by atoms with Gasteiger partial charge in [-0.05, 0) is 12.1 Å². The average molecular weight is 442 g/mol. The molecule has 2 rings (SSSR count). The molecule has 0 atom stereocenters. The van der Waals surface area contributed by atoms with Crippen LogP contribution in [0.2, 0.25) is 0 Å². The molecule has 10 heteroatoms. The predicted octanol–water partition coefficient (Wildman–Crippen LogP) is 2.76. The fourth-order valence-corrected chi connectivity index (χ4v) is 2.38. The summed E-state index contributed by atoms with van der Waals surface area (Å²) in [6, 6.07) is 16.7. The van der Waals surface area contributed by atoms with Crippen LogP contribution in [-0.4, -0.2) is 41.8 Å². The van der Waals surface area contributed by atoms with Crippen molar-refractivity contribution in [3.8, 4) is 0 Å². The van der Waals surface area contributed by atoms with Crippen LogP contribution in [0.4, 0.5) is 5.69 Å². The molecule has 0 fully saturated rings. The van der Waals surface area contributed by atoms with E-state index in [9.17, 15) is 4.79 Å². The summed E-state index contributed by atoms with van der Waals surface area (Å²) < 4.78 is 0. The Labute approximate surface area is 186 Å². The average Bonchev–Trinajstić information content (AvgIpc) is 2.76. The Hall–Kier alpha value is -3.11. The third-order valence-corrected chi connectivity index (χ3v) is 4.31. The van der Waals surface area contributed by atoms with Gasteiger partial charge >= 0.3 is 0 Å². The Balaban J connectivity index is 2.63. The summed E-state index contributed by atoms with van der Waals surface area (Å²) in [5.41, 5.74) is 3.16. The molecule has 0 saturated heterocycles. The van der Waals surface area contributed by atoms with Crippen LogP contribution in [-0.2, 0) is 4.79 Å². The van der Waals surface area contributed by atoms with Crippen LogP contribution in [0.1, 0.15) is 18.1 Å². The molecule has 2 aromatic carbocycles. The van der Waals surface area contributed by atoms with E-state index in [1.54, 1.807) is 26.2 Å².